The largest absolute Gasteiger partial charge is 0.507 e. The first-order valence-corrected chi connectivity index (χ1v) is 16.5. The molecule has 244 valence electrons. The van der Waals surface area contributed by atoms with Crippen molar-refractivity contribution in [1.82, 2.24) is 0 Å². The molecule has 3 aliphatic heterocycles. The predicted octanol–water partition coefficient (Wildman–Crippen LogP) is 6.99. The van der Waals surface area contributed by atoms with Gasteiger partial charge in [0.05, 0.1) is 5.60 Å². The average Bonchev–Trinajstić information content (AvgIpc) is 3.12. The highest BCUT2D eigenvalue weighted by atomic mass is 16.6. The number of ether oxygens (including phenoxy) is 4. The van der Waals surface area contributed by atoms with Gasteiger partial charge in [-0.15, -0.1) is 0 Å². The van der Waals surface area contributed by atoms with E-state index in [0.717, 1.165) is 24.0 Å². The summed E-state index contributed by atoms with van der Waals surface area (Å²) >= 11 is 0. The number of allylic oxidation sites excluding steroid dienone is 5. The molecule has 7 atom stereocenters. The van der Waals surface area contributed by atoms with Gasteiger partial charge < -0.3 is 24.1 Å². The summed E-state index contributed by atoms with van der Waals surface area (Å²) < 4.78 is 26.0. The number of benzene rings is 1. The first-order valence-electron chi connectivity index (χ1n) is 16.5. The summed E-state index contributed by atoms with van der Waals surface area (Å²) in [4.78, 5) is 40.4. The second kappa shape index (κ2) is 9.93. The number of hydrogen-bond donors (Lipinski definition) is 1. The molecule has 0 radical (unpaired) electrons. The Bertz CT molecular complexity index is 1700. The van der Waals surface area contributed by atoms with E-state index in [1.165, 1.54) is 0 Å². The lowest BCUT2D eigenvalue weighted by Crippen LogP contribution is -2.72. The maximum atomic E-state index is 15.0. The van der Waals surface area contributed by atoms with Crippen LogP contribution in [0.2, 0.25) is 0 Å². The molecular weight excluding hydrogens is 584 g/mol. The van der Waals surface area contributed by atoms with Gasteiger partial charge in [0, 0.05) is 40.9 Å². The van der Waals surface area contributed by atoms with Crippen molar-refractivity contribution in [1.29, 1.82) is 0 Å². The van der Waals surface area contributed by atoms with Crippen LogP contribution in [0, 0.1) is 17.8 Å². The van der Waals surface area contributed by atoms with Gasteiger partial charge in [0.15, 0.2) is 22.8 Å². The average molecular weight is 629 g/mol. The van der Waals surface area contributed by atoms with Crippen LogP contribution in [0.4, 0.5) is 0 Å². The molecule has 1 spiro atoms. The van der Waals surface area contributed by atoms with Gasteiger partial charge in [-0.3, -0.25) is 14.4 Å². The third kappa shape index (κ3) is 3.91. The number of phenolic OH excluding ortho intramolecular Hbond substituents is 1. The predicted molar refractivity (Wildman–Crippen MR) is 171 cm³/mol. The van der Waals surface area contributed by atoms with Gasteiger partial charge in [-0.05, 0) is 92.6 Å². The van der Waals surface area contributed by atoms with E-state index in [2.05, 4.69) is 19.6 Å². The van der Waals surface area contributed by atoms with E-state index in [1.54, 1.807) is 19.1 Å². The molecule has 7 aliphatic rings. The van der Waals surface area contributed by atoms with Gasteiger partial charge in [-0.25, -0.2) is 0 Å². The van der Waals surface area contributed by atoms with Crippen molar-refractivity contribution in [3.05, 3.63) is 64.0 Å². The molecule has 46 heavy (non-hydrogen) atoms. The first-order chi connectivity index (χ1) is 21.6. The Balaban J connectivity index is 1.51. The molecule has 3 heterocycles. The number of phenols is 1. The lowest BCUT2D eigenvalue weighted by Gasteiger charge is -2.56. The van der Waals surface area contributed by atoms with E-state index in [1.807, 2.05) is 34.6 Å². The minimum absolute atomic E-state index is 0.0546. The summed E-state index contributed by atoms with van der Waals surface area (Å²) in [6.45, 7) is 18.4. The van der Waals surface area contributed by atoms with Crippen LogP contribution in [0.3, 0.4) is 0 Å². The van der Waals surface area contributed by atoms with Gasteiger partial charge in [0.1, 0.15) is 34.2 Å². The van der Waals surface area contributed by atoms with Crippen LogP contribution >= 0.6 is 0 Å². The van der Waals surface area contributed by atoms with E-state index in [9.17, 15) is 19.5 Å². The summed E-state index contributed by atoms with van der Waals surface area (Å²) in [5, 5.41) is 12.2. The lowest BCUT2D eigenvalue weighted by molar-refractivity contribution is -0.171. The number of fused-ring (bicyclic) bond motifs is 5. The maximum Gasteiger partial charge on any atom is 0.298 e. The van der Waals surface area contributed by atoms with E-state index in [-0.39, 0.29) is 52.8 Å². The zero-order chi connectivity index (χ0) is 33.1. The second-order valence-electron chi connectivity index (χ2n) is 15.4. The molecule has 6 bridgehead atoms. The SMILES string of the molecule is C=C(C)C1CC[C@]2(C)C[C@H]1c1c(O)c3c(c(CC=C(C)C)c1O2)O[C@]12C(=C[C@@H]4CC1C(C)(C)OC2(CC=C(C)OC=O)C4=O)C3=O. The smallest absolute Gasteiger partial charge is 0.298 e. The molecule has 4 aliphatic carbocycles. The van der Waals surface area contributed by atoms with Gasteiger partial charge >= 0.3 is 0 Å². The fraction of sp³-hybridized carbons (Fsp3) is 0.553. The topological polar surface area (TPSA) is 108 Å². The Morgan fingerprint density at radius 1 is 1.11 bits per heavy atom. The zero-order valence-corrected chi connectivity index (χ0v) is 27.9. The molecule has 8 nitrogen and oxygen atoms in total. The second-order valence-corrected chi connectivity index (χ2v) is 15.4. The Hall–Kier alpha value is -3.65. The van der Waals surface area contributed by atoms with Crippen molar-refractivity contribution >= 4 is 18.0 Å². The molecule has 0 aromatic heterocycles. The van der Waals surface area contributed by atoms with Crippen LogP contribution in [0.1, 0.15) is 108 Å². The van der Waals surface area contributed by atoms with E-state index in [4.69, 9.17) is 18.9 Å². The molecule has 1 aromatic carbocycles. The van der Waals surface area contributed by atoms with E-state index < -0.39 is 28.3 Å². The number of Topliss-reactive ketones (excluding diaryl/α,β-unsaturated/α-hetero) is 2. The summed E-state index contributed by atoms with van der Waals surface area (Å²) in [7, 11) is 0. The normalized spacial score (nSPS) is 36.0. The molecule has 8 rings (SSSR count). The molecule has 3 fully saturated rings. The number of carbonyl (C=O) groups is 3. The Morgan fingerprint density at radius 2 is 1.85 bits per heavy atom. The maximum absolute atomic E-state index is 15.0. The molecular formula is C38H44O8. The summed E-state index contributed by atoms with van der Waals surface area (Å²) in [6.07, 6.45) is 8.89. The first kappa shape index (κ1) is 31.0. The van der Waals surface area contributed by atoms with Gasteiger partial charge in [0.2, 0.25) is 0 Å². The molecule has 8 heteroatoms. The highest BCUT2D eigenvalue weighted by Crippen LogP contribution is 2.69. The molecule has 2 saturated carbocycles. The lowest BCUT2D eigenvalue weighted by atomic mass is 9.51. The van der Waals surface area contributed by atoms with Crippen molar-refractivity contribution in [2.45, 2.75) is 115 Å². The van der Waals surface area contributed by atoms with Crippen LogP contribution in [-0.4, -0.2) is 45.5 Å². The van der Waals surface area contributed by atoms with Crippen LogP contribution < -0.4 is 9.47 Å². The minimum atomic E-state index is -1.54. The van der Waals surface area contributed by atoms with Crippen molar-refractivity contribution in [3.63, 3.8) is 0 Å². The fourth-order valence-electron chi connectivity index (χ4n) is 9.68. The minimum Gasteiger partial charge on any atom is -0.507 e. The number of rotatable bonds is 7. The van der Waals surface area contributed by atoms with Crippen molar-refractivity contribution in [2.75, 3.05) is 0 Å². The third-order valence-electron chi connectivity index (χ3n) is 11.7. The number of aromatic hydroxyl groups is 1. The van der Waals surface area contributed by atoms with Crippen LogP contribution in [0.25, 0.3) is 0 Å². The van der Waals surface area contributed by atoms with Crippen molar-refractivity contribution in [3.8, 4) is 17.2 Å². The molecule has 1 N–H and O–H groups in total. The van der Waals surface area contributed by atoms with Gasteiger partial charge in [-0.2, -0.15) is 0 Å². The van der Waals surface area contributed by atoms with Crippen LogP contribution in [0.15, 0.2) is 47.3 Å². The van der Waals surface area contributed by atoms with Crippen LogP contribution in [-0.2, 0) is 25.5 Å². The van der Waals surface area contributed by atoms with E-state index in [0.29, 0.717) is 53.9 Å². The van der Waals surface area contributed by atoms with Crippen LogP contribution in [0.5, 0.6) is 17.2 Å². The molecule has 1 saturated heterocycles. The van der Waals surface area contributed by atoms with Crippen molar-refractivity contribution < 1.29 is 38.4 Å². The quantitative estimate of drug-likeness (QED) is 0.196. The number of hydrogen-bond acceptors (Lipinski definition) is 8. The van der Waals surface area contributed by atoms with Gasteiger partial charge in [-0.1, -0.05) is 29.9 Å². The fourth-order valence-corrected chi connectivity index (χ4v) is 9.68. The molecule has 0 amide bonds. The monoisotopic (exact) mass is 628 g/mol. The highest BCUT2D eigenvalue weighted by Gasteiger charge is 2.81. The summed E-state index contributed by atoms with van der Waals surface area (Å²) in [6, 6.07) is 0. The van der Waals surface area contributed by atoms with Crippen molar-refractivity contribution in [2.24, 2.45) is 17.8 Å². The highest BCUT2D eigenvalue weighted by molar-refractivity contribution is 6.18. The number of carbonyl (C=O) groups excluding carboxylic acids is 3. The zero-order valence-electron chi connectivity index (χ0n) is 27.9. The Kier molecular flexibility index (Phi) is 6.68. The molecule has 3 unspecified atom stereocenters. The number of ketones is 2. The summed E-state index contributed by atoms with van der Waals surface area (Å²) in [5.74, 6) is -0.231. The van der Waals surface area contributed by atoms with E-state index >= 15 is 0 Å². The van der Waals surface area contributed by atoms with Gasteiger partial charge in [0.25, 0.3) is 6.47 Å². The Morgan fingerprint density at radius 3 is 2.52 bits per heavy atom. The third-order valence-corrected chi connectivity index (χ3v) is 11.7. The summed E-state index contributed by atoms with van der Waals surface area (Å²) in [5.41, 5.74) is -0.259. The standard InChI is InChI=1S/C38H44O8/c1-19(2)9-10-24-32-28(25-17-36(8,44-32)13-12-23(25)20(3)4)31(41)29-30(40)26-15-22-16-27-35(6,7)46-37(34(22)42,14-11-21(5)43-18-39)38(26,27)45-33(24)29/h9,11,15,18,22-23,25,27,41H,3,10,12-14,16-17H2,1-2,4-8H3/t22-,23?,25-,27?,36-,37?,38-/m1/s1. The Labute approximate surface area is 270 Å². The molecule has 1 aromatic rings.